The molecule has 0 saturated carbocycles. The smallest absolute Gasteiger partial charge is 0.241 e. The summed E-state index contributed by atoms with van der Waals surface area (Å²) in [5, 5.41) is 0. The van der Waals surface area contributed by atoms with Crippen LogP contribution in [0.3, 0.4) is 0 Å². The van der Waals surface area contributed by atoms with Crippen molar-refractivity contribution < 1.29 is 23.9 Å². The fourth-order valence-corrected chi connectivity index (χ4v) is 5.95. The number of imide groups is 1. The molecular weight excluding hydrogens is 557 g/mol. The third kappa shape index (κ3) is 2.91. The molecule has 2 saturated heterocycles. The Hall–Kier alpha value is -3.17. The molecule has 3 aromatic rings. The molecule has 6 nitrogen and oxygen atoms in total. The van der Waals surface area contributed by atoms with E-state index in [0.29, 0.717) is 11.3 Å². The molecule has 2 heterocycles. The van der Waals surface area contributed by atoms with Crippen LogP contribution in [0, 0.1) is 29.3 Å². The van der Waals surface area contributed by atoms with E-state index < -0.39 is 46.9 Å². The van der Waals surface area contributed by atoms with Crippen molar-refractivity contribution in [2.24, 2.45) is 11.8 Å². The summed E-state index contributed by atoms with van der Waals surface area (Å²) < 4.78 is 7.30. The highest BCUT2D eigenvalue weighted by molar-refractivity contribution is 14.1. The lowest BCUT2D eigenvalue weighted by atomic mass is 9.77. The fourth-order valence-electron chi connectivity index (χ4n) is 5.59. The van der Waals surface area contributed by atoms with Gasteiger partial charge in [0.1, 0.15) is 0 Å². The third-order valence-corrected chi connectivity index (χ3v) is 8.19. The number of fused-ring (bicyclic) bond motifs is 3. The van der Waals surface area contributed by atoms with Gasteiger partial charge in [0.15, 0.2) is 0 Å². The Labute approximate surface area is 215 Å². The van der Waals surface area contributed by atoms with E-state index in [4.69, 9.17) is 4.74 Å². The third-order valence-electron chi connectivity index (χ3n) is 7.47. The van der Waals surface area contributed by atoms with Gasteiger partial charge in [-0.1, -0.05) is 42.5 Å². The van der Waals surface area contributed by atoms with Crippen molar-refractivity contribution in [3.8, 4) is 0 Å². The zero-order chi connectivity index (χ0) is 24.6. The standard InChI is InChI=1S/C28H20INO5/c1-14-7-12-18(13-15(14)2)30-26(33)21-22(27(30)34)28(35-23(21)16-8-10-17(29)11-9-16)24(31)19-5-3-4-6-20(19)25(28)32/h3-13,21-23H,1-2H3/t21-,22+,23-/m0/s1. The van der Waals surface area contributed by atoms with Crippen molar-refractivity contribution in [1.82, 2.24) is 0 Å². The Morgan fingerprint density at radius 3 is 2.03 bits per heavy atom. The topological polar surface area (TPSA) is 80.8 Å². The van der Waals surface area contributed by atoms with Crippen molar-refractivity contribution in [3.05, 3.63) is 98.1 Å². The number of rotatable bonds is 2. The van der Waals surface area contributed by atoms with Gasteiger partial charge in [-0.2, -0.15) is 0 Å². The summed E-state index contributed by atoms with van der Waals surface area (Å²) in [5.41, 5.74) is 1.44. The summed E-state index contributed by atoms with van der Waals surface area (Å²) in [6.07, 6.45) is -0.910. The maximum atomic E-state index is 13.9. The number of halogens is 1. The van der Waals surface area contributed by atoms with E-state index in [2.05, 4.69) is 22.6 Å². The molecule has 0 aromatic heterocycles. The quantitative estimate of drug-likeness (QED) is 0.253. The highest BCUT2D eigenvalue weighted by atomic mass is 127. The first-order valence-corrected chi connectivity index (χ1v) is 12.4. The summed E-state index contributed by atoms with van der Waals surface area (Å²) in [7, 11) is 0. The first-order valence-electron chi connectivity index (χ1n) is 11.3. The van der Waals surface area contributed by atoms with Gasteiger partial charge in [-0.05, 0) is 77.4 Å². The number of aryl methyl sites for hydroxylation is 2. The largest absolute Gasteiger partial charge is 0.349 e. The second-order valence-corrected chi connectivity index (χ2v) is 10.6. The van der Waals surface area contributed by atoms with Crippen LogP contribution >= 0.6 is 22.6 Å². The summed E-state index contributed by atoms with van der Waals surface area (Å²) >= 11 is 2.17. The van der Waals surface area contributed by atoms with Gasteiger partial charge in [0.05, 0.1) is 23.6 Å². The Kier molecular flexibility index (Phi) is 4.88. The maximum absolute atomic E-state index is 13.9. The zero-order valence-corrected chi connectivity index (χ0v) is 21.1. The number of ether oxygens (including phenoxy) is 1. The predicted molar refractivity (Wildman–Crippen MR) is 136 cm³/mol. The van der Waals surface area contributed by atoms with Gasteiger partial charge < -0.3 is 4.74 Å². The van der Waals surface area contributed by atoms with Crippen molar-refractivity contribution in [1.29, 1.82) is 0 Å². The minimum absolute atomic E-state index is 0.226. The molecule has 2 fully saturated rings. The molecule has 1 aliphatic carbocycles. The van der Waals surface area contributed by atoms with Crippen LogP contribution in [0.2, 0.25) is 0 Å². The van der Waals surface area contributed by atoms with Crippen LogP contribution < -0.4 is 4.90 Å². The molecule has 1 spiro atoms. The lowest BCUT2D eigenvalue weighted by molar-refractivity contribution is -0.127. The molecule has 3 aromatic carbocycles. The van der Waals surface area contributed by atoms with Crippen molar-refractivity contribution in [2.75, 3.05) is 4.90 Å². The number of carbonyl (C=O) groups excluding carboxylic acids is 4. The van der Waals surface area contributed by atoms with Gasteiger partial charge in [0.2, 0.25) is 29.0 Å². The van der Waals surface area contributed by atoms with Crippen LogP contribution in [0.1, 0.15) is 43.5 Å². The van der Waals surface area contributed by atoms with E-state index in [1.54, 1.807) is 36.4 Å². The van der Waals surface area contributed by atoms with Crippen molar-refractivity contribution >= 4 is 51.7 Å². The minimum Gasteiger partial charge on any atom is -0.349 e. The number of nitrogens with zero attached hydrogens (tertiary/aromatic N) is 1. The number of amides is 2. The molecule has 0 N–H and O–H groups in total. The van der Waals surface area contributed by atoms with Gasteiger partial charge in [0.25, 0.3) is 0 Å². The second-order valence-electron chi connectivity index (χ2n) is 9.31. The van der Waals surface area contributed by atoms with Crippen LogP contribution in [-0.2, 0) is 14.3 Å². The lowest BCUT2D eigenvalue weighted by Gasteiger charge is -2.27. The first-order chi connectivity index (χ1) is 16.8. The average molecular weight is 577 g/mol. The highest BCUT2D eigenvalue weighted by Gasteiger charge is 2.74. The Balaban J connectivity index is 1.54. The summed E-state index contributed by atoms with van der Waals surface area (Å²) in [6, 6.07) is 19.2. The Morgan fingerprint density at radius 2 is 1.43 bits per heavy atom. The van der Waals surface area contributed by atoms with E-state index in [9.17, 15) is 19.2 Å². The molecule has 2 aliphatic heterocycles. The van der Waals surface area contributed by atoms with Crippen molar-refractivity contribution in [3.63, 3.8) is 0 Å². The van der Waals surface area contributed by atoms with E-state index in [-0.39, 0.29) is 11.1 Å². The molecule has 0 unspecified atom stereocenters. The van der Waals surface area contributed by atoms with Gasteiger partial charge in [-0.25, -0.2) is 4.90 Å². The molecule has 3 atom stereocenters. The monoisotopic (exact) mass is 577 g/mol. The maximum Gasteiger partial charge on any atom is 0.241 e. The molecule has 0 radical (unpaired) electrons. The molecule has 2 amide bonds. The van der Waals surface area contributed by atoms with Crippen LogP contribution in [0.5, 0.6) is 0 Å². The fraction of sp³-hybridized carbons (Fsp3) is 0.214. The van der Waals surface area contributed by atoms with Gasteiger partial charge in [-0.3, -0.25) is 19.2 Å². The molecule has 6 rings (SSSR count). The van der Waals surface area contributed by atoms with Crippen molar-refractivity contribution in [2.45, 2.75) is 25.6 Å². The number of hydrogen-bond acceptors (Lipinski definition) is 5. The molecule has 174 valence electrons. The number of benzene rings is 3. The van der Waals surface area contributed by atoms with Gasteiger partial charge in [-0.15, -0.1) is 0 Å². The van der Waals surface area contributed by atoms with Gasteiger partial charge >= 0.3 is 0 Å². The van der Waals surface area contributed by atoms with E-state index in [1.807, 2.05) is 44.2 Å². The van der Waals surface area contributed by atoms with E-state index in [0.717, 1.165) is 19.6 Å². The number of ketones is 2. The lowest BCUT2D eigenvalue weighted by Crippen LogP contribution is -2.51. The summed E-state index contributed by atoms with van der Waals surface area (Å²) in [6.45, 7) is 3.86. The molecule has 0 bridgehead atoms. The highest BCUT2D eigenvalue weighted by Crippen LogP contribution is 2.57. The number of hydrogen-bond donors (Lipinski definition) is 0. The predicted octanol–water partition coefficient (Wildman–Crippen LogP) is 4.60. The van der Waals surface area contributed by atoms with Crippen LogP contribution in [-0.4, -0.2) is 29.0 Å². The van der Waals surface area contributed by atoms with E-state index >= 15 is 0 Å². The van der Waals surface area contributed by atoms with Gasteiger partial charge in [0, 0.05) is 14.7 Å². The average Bonchev–Trinajstić information content (AvgIpc) is 3.41. The normalized spacial score (nSPS) is 24.4. The number of anilines is 1. The van der Waals surface area contributed by atoms with E-state index in [1.165, 1.54) is 0 Å². The zero-order valence-electron chi connectivity index (χ0n) is 18.9. The van der Waals surface area contributed by atoms with Crippen LogP contribution in [0.15, 0.2) is 66.7 Å². The molecule has 7 heteroatoms. The SMILES string of the molecule is Cc1ccc(N2C(=O)[C@@H]3[C@H](c4ccc(I)cc4)OC4(C(=O)c5ccccc5C4=O)[C@H]3C2=O)cc1C. The number of Topliss-reactive ketones (excluding diaryl/α,β-unsaturated/α-hetero) is 2. The summed E-state index contributed by atoms with van der Waals surface area (Å²) in [5.74, 6) is -4.38. The first kappa shape index (κ1) is 22.3. The molecular formula is C28H20INO5. The Bertz CT molecular complexity index is 1430. The number of carbonyl (C=O) groups is 4. The Morgan fingerprint density at radius 1 is 0.800 bits per heavy atom. The minimum atomic E-state index is -2.05. The van der Waals surface area contributed by atoms with Crippen LogP contribution in [0.25, 0.3) is 0 Å². The summed E-state index contributed by atoms with van der Waals surface area (Å²) in [4.78, 5) is 56.5. The second kappa shape index (κ2) is 7.66. The van der Waals surface area contributed by atoms with Crippen LogP contribution in [0.4, 0.5) is 5.69 Å². The molecule has 35 heavy (non-hydrogen) atoms. The molecule has 3 aliphatic rings.